The molecule has 0 radical (unpaired) electrons. The number of hydrogen-bond acceptors (Lipinski definition) is 3. The number of rotatable bonds is 4. The number of hydrogen-bond donors (Lipinski definition) is 1. The second kappa shape index (κ2) is 6.50. The Hall–Kier alpha value is -0.420. The van der Waals surface area contributed by atoms with Gasteiger partial charge < -0.3 is 14.6 Å². The van der Waals surface area contributed by atoms with Crippen LogP contribution in [0.5, 0.6) is 0 Å². The summed E-state index contributed by atoms with van der Waals surface area (Å²) in [5.74, 6) is 0. The Kier molecular flexibility index (Phi) is 4.98. The lowest BCUT2D eigenvalue weighted by atomic mass is 10.0. The summed E-state index contributed by atoms with van der Waals surface area (Å²) in [5, 5.41) is 10.1. The molecule has 1 atom stereocenters. The zero-order valence-corrected chi connectivity index (χ0v) is 11.2. The molecule has 1 unspecified atom stereocenters. The molecule has 94 valence electrons. The summed E-state index contributed by atoms with van der Waals surface area (Å²) in [4.78, 5) is 0. The Morgan fingerprint density at radius 1 is 1.29 bits per heavy atom. The molecule has 1 aliphatic heterocycles. The fourth-order valence-electron chi connectivity index (χ4n) is 1.90. The van der Waals surface area contributed by atoms with E-state index in [1.165, 1.54) is 0 Å². The Labute approximate surface area is 110 Å². The molecule has 1 N–H and O–H groups in total. The van der Waals surface area contributed by atoms with Gasteiger partial charge in [-0.25, -0.2) is 0 Å². The third-order valence-corrected chi connectivity index (χ3v) is 3.56. The molecular weight excluding hydrogens is 284 g/mol. The lowest BCUT2D eigenvalue weighted by Gasteiger charge is -2.24. The van der Waals surface area contributed by atoms with Crippen LogP contribution in [0.1, 0.15) is 30.9 Å². The molecule has 17 heavy (non-hydrogen) atoms. The molecule has 1 saturated heterocycles. The molecular formula is C13H17BrO3. The van der Waals surface area contributed by atoms with Gasteiger partial charge in [-0.15, -0.1) is 0 Å². The first kappa shape index (κ1) is 13.0. The van der Waals surface area contributed by atoms with E-state index >= 15 is 0 Å². The molecule has 1 fully saturated rings. The van der Waals surface area contributed by atoms with Gasteiger partial charge in [0.1, 0.15) is 0 Å². The van der Waals surface area contributed by atoms with Crippen LogP contribution in [0.4, 0.5) is 0 Å². The predicted molar refractivity (Wildman–Crippen MR) is 68.6 cm³/mol. The minimum atomic E-state index is -0.472. The first-order valence-electron chi connectivity index (χ1n) is 5.93. The molecule has 3 nitrogen and oxygen atoms in total. The summed E-state index contributed by atoms with van der Waals surface area (Å²) < 4.78 is 11.8. The molecule has 0 spiro atoms. The van der Waals surface area contributed by atoms with E-state index in [1.807, 2.05) is 24.3 Å². The van der Waals surface area contributed by atoms with E-state index in [0.29, 0.717) is 6.42 Å². The van der Waals surface area contributed by atoms with Crippen LogP contribution < -0.4 is 0 Å². The van der Waals surface area contributed by atoms with E-state index in [4.69, 9.17) is 9.47 Å². The lowest BCUT2D eigenvalue weighted by molar-refractivity contribution is -0.183. The number of ether oxygens (including phenoxy) is 2. The Bertz CT molecular complexity index is 350. The Morgan fingerprint density at radius 3 is 2.71 bits per heavy atom. The van der Waals surface area contributed by atoms with Crippen LogP contribution in [0.25, 0.3) is 0 Å². The van der Waals surface area contributed by atoms with Gasteiger partial charge in [0.15, 0.2) is 6.29 Å². The van der Waals surface area contributed by atoms with Crippen LogP contribution in [0.15, 0.2) is 28.7 Å². The first-order valence-corrected chi connectivity index (χ1v) is 6.72. The van der Waals surface area contributed by atoms with Crippen molar-refractivity contribution in [1.29, 1.82) is 0 Å². The molecule has 1 aromatic rings. The number of halogens is 1. The molecule has 4 heteroatoms. The van der Waals surface area contributed by atoms with Crippen molar-refractivity contribution in [3.63, 3.8) is 0 Å². The van der Waals surface area contributed by atoms with Crippen LogP contribution in [-0.4, -0.2) is 24.6 Å². The third kappa shape index (κ3) is 3.78. The van der Waals surface area contributed by atoms with Crippen LogP contribution >= 0.6 is 15.9 Å². The number of aliphatic hydroxyl groups is 1. The summed E-state index contributed by atoms with van der Waals surface area (Å²) >= 11 is 3.44. The maximum atomic E-state index is 10.1. The van der Waals surface area contributed by atoms with Gasteiger partial charge >= 0.3 is 0 Å². The second-order valence-electron chi connectivity index (χ2n) is 4.14. The fourth-order valence-corrected chi connectivity index (χ4v) is 2.45. The van der Waals surface area contributed by atoms with Crippen LogP contribution in [0.2, 0.25) is 0 Å². The van der Waals surface area contributed by atoms with E-state index < -0.39 is 6.10 Å². The molecule has 0 amide bonds. The quantitative estimate of drug-likeness (QED) is 0.929. The van der Waals surface area contributed by atoms with E-state index in [1.54, 1.807) is 0 Å². The summed E-state index contributed by atoms with van der Waals surface area (Å²) in [6, 6.07) is 7.73. The Morgan fingerprint density at radius 2 is 2.00 bits per heavy atom. The van der Waals surface area contributed by atoms with Gasteiger partial charge in [0, 0.05) is 10.9 Å². The number of benzene rings is 1. The summed E-state index contributed by atoms with van der Waals surface area (Å²) in [6.45, 7) is 1.52. The minimum Gasteiger partial charge on any atom is -0.388 e. The highest BCUT2D eigenvalue weighted by molar-refractivity contribution is 9.10. The van der Waals surface area contributed by atoms with Crippen molar-refractivity contribution in [3.8, 4) is 0 Å². The molecule has 0 bridgehead atoms. The summed E-state index contributed by atoms with van der Waals surface area (Å²) in [6.07, 6.45) is 1.71. The summed E-state index contributed by atoms with van der Waals surface area (Å²) in [7, 11) is 0. The standard InChI is InChI=1S/C13H17BrO3/c14-11-5-2-1-4-10(11)12(15)6-7-13-16-8-3-9-17-13/h1-2,4-5,12-13,15H,3,6-9H2. The van der Waals surface area contributed by atoms with Gasteiger partial charge in [-0.1, -0.05) is 34.1 Å². The average Bonchev–Trinajstić information content (AvgIpc) is 2.38. The molecule has 0 aromatic heterocycles. The van der Waals surface area contributed by atoms with Crippen LogP contribution in [-0.2, 0) is 9.47 Å². The highest BCUT2D eigenvalue weighted by Gasteiger charge is 2.17. The zero-order valence-electron chi connectivity index (χ0n) is 9.64. The highest BCUT2D eigenvalue weighted by atomic mass is 79.9. The normalized spacial score (nSPS) is 19.2. The summed E-state index contributed by atoms with van der Waals surface area (Å²) in [5.41, 5.74) is 0.920. The van der Waals surface area contributed by atoms with Crippen molar-refractivity contribution in [1.82, 2.24) is 0 Å². The van der Waals surface area contributed by atoms with Gasteiger partial charge in [0.05, 0.1) is 19.3 Å². The number of aliphatic hydroxyl groups excluding tert-OH is 1. The van der Waals surface area contributed by atoms with Gasteiger partial charge in [0.25, 0.3) is 0 Å². The molecule has 0 aliphatic carbocycles. The predicted octanol–water partition coefficient (Wildman–Crippen LogP) is 3.03. The molecule has 2 rings (SSSR count). The Balaban J connectivity index is 1.84. The topological polar surface area (TPSA) is 38.7 Å². The molecule has 1 heterocycles. The molecule has 1 aliphatic rings. The van der Waals surface area contributed by atoms with Crippen molar-refractivity contribution in [2.75, 3.05) is 13.2 Å². The fraction of sp³-hybridized carbons (Fsp3) is 0.538. The van der Waals surface area contributed by atoms with Crippen molar-refractivity contribution in [3.05, 3.63) is 34.3 Å². The van der Waals surface area contributed by atoms with Crippen LogP contribution in [0.3, 0.4) is 0 Å². The largest absolute Gasteiger partial charge is 0.388 e. The van der Waals surface area contributed by atoms with Gasteiger partial charge in [0.2, 0.25) is 0 Å². The maximum Gasteiger partial charge on any atom is 0.157 e. The lowest BCUT2D eigenvalue weighted by Crippen LogP contribution is -2.25. The minimum absolute atomic E-state index is 0.152. The second-order valence-corrected chi connectivity index (χ2v) is 4.99. The van der Waals surface area contributed by atoms with Gasteiger partial charge in [-0.3, -0.25) is 0 Å². The average molecular weight is 301 g/mol. The van der Waals surface area contributed by atoms with Crippen molar-refractivity contribution in [2.24, 2.45) is 0 Å². The van der Waals surface area contributed by atoms with E-state index in [0.717, 1.165) is 36.1 Å². The first-order chi connectivity index (χ1) is 8.27. The monoisotopic (exact) mass is 300 g/mol. The van der Waals surface area contributed by atoms with E-state index in [-0.39, 0.29) is 6.29 Å². The molecule has 0 saturated carbocycles. The van der Waals surface area contributed by atoms with Gasteiger partial charge in [-0.2, -0.15) is 0 Å². The zero-order chi connectivity index (χ0) is 12.1. The third-order valence-electron chi connectivity index (χ3n) is 2.84. The van der Waals surface area contributed by atoms with Crippen molar-refractivity contribution < 1.29 is 14.6 Å². The van der Waals surface area contributed by atoms with Crippen molar-refractivity contribution >= 4 is 15.9 Å². The highest BCUT2D eigenvalue weighted by Crippen LogP contribution is 2.27. The maximum absolute atomic E-state index is 10.1. The van der Waals surface area contributed by atoms with Crippen LogP contribution in [0, 0.1) is 0 Å². The van der Waals surface area contributed by atoms with Crippen molar-refractivity contribution in [2.45, 2.75) is 31.7 Å². The SMILES string of the molecule is OC(CCC1OCCCO1)c1ccccc1Br. The van der Waals surface area contributed by atoms with E-state index in [9.17, 15) is 5.11 Å². The van der Waals surface area contributed by atoms with E-state index in [2.05, 4.69) is 15.9 Å². The molecule has 1 aromatic carbocycles. The van der Waals surface area contributed by atoms with Gasteiger partial charge in [-0.05, 0) is 24.5 Å². The smallest absolute Gasteiger partial charge is 0.157 e.